The Labute approximate surface area is 120 Å². The lowest BCUT2D eigenvalue weighted by atomic mass is 10.4. The summed E-state index contributed by atoms with van der Waals surface area (Å²) in [5.74, 6) is 0.606. The molecule has 106 valence electrons. The van der Waals surface area contributed by atoms with E-state index >= 15 is 0 Å². The van der Waals surface area contributed by atoms with Crippen molar-refractivity contribution in [1.29, 1.82) is 0 Å². The minimum absolute atomic E-state index is 0.125. The standard InChI is InChI=1S/C12H15N5O2S/c1-3-13-12-15-7-10(17(18)19)11(16-12)14-6-9-5-4-8(2)20-9/h4-5,7H,3,6H2,1-2H3,(H2,13,14,15,16). The summed E-state index contributed by atoms with van der Waals surface area (Å²) in [6, 6.07) is 4.01. The molecule has 0 bridgehead atoms. The molecule has 0 radical (unpaired) electrons. The largest absolute Gasteiger partial charge is 0.359 e. The van der Waals surface area contributed by atoms with Crippen LogP contribution in [0.3, 0.4) is 0 Å². The van der Waals surface area contributed by atoms with Gasteiger partial charge in [0.05, 0.1) is 11.5 Å². The van der Waals surface area contributed by atoms with Gasteiger partial charge in [0.2, 0.25) is 11.8 Å². The first kappa shape index (κ1) is 14.2. The van der Waals surface area contributed by atoms with Crippen molar-refractivity contribution in [2.75, 3.05) is 17.2 Å². The van der Waals surface area contributed by atoms with Gasteiger partial charge in [-0.05, 0) is 26.0 Å². The second kappa shape index (κ2) is 6.29. The number of thiophene rings is 1. The van der Waals surface area contributed by atoms with E-state index in [4.69, 9.17) is 0 Å². The molecule has 0 saturated heterocycles. The predicted octanol–water partition coefficient (Wildman–Crippen LogP) is 2.80. The highest BCUT2D eigenvalue weighted by molar-refractivity contribution is 7.11. The van der Waals surface area contributed by atoms with Crippen molar-refractivity contribution in [3.63, 3.8) is 0 Å². The number of nitro groups is 1. The Balaban J connectivity index is 2.18. The van der Waals surface area contributed by atoms with Crippen LogP contribution >= 0.6 is 11.3 Å². The fourth-order valence-corrected chi connectivity index (χ4v) is 2.46. The van der Waals surface area contributed by atoms with Crippen LogP contribution in [0.1, 0.15) is 16.7 Å². The molecule has 2 aromatic heterocycles. The molecule has 0 saturated carbocycles. The summed E-state index contributed by atoms with van der Waals surface area (Å²) in [7, 11) is 0. The monoisotopic (exact) mass is 293 g/mol. The van der Waals surface area contributed by atoms with Gasteiger partial charge in [0.25, 0.3) is 0 Å². The molecule has 2 rings (SSSR count). The summed E-state index contributed by atoms with van der Waals surface area (Å²) in [5.41, 5.74) is -0.125. The summed E-state index contributed by atoms with van der Waals surface area (Å²) in [6.07, 6.45) is 1.22. The third-order valence-electron chi connectivity index (χ3n) is 2.53. The molecule has 0 atom stereocenters. The molecule has 0 unspecified atom stereocenters. The van der Waals surface area contributed by atoms with Crippen molar-refractivity contribution < 1.29 is 4.92 Å². The average Bonchev–Trinajstić information content (AvgIpc) is 2.82. The first-order chi connectivity index (χ1) is 9.60. The van der Waals surface area contributed by atoms with Gasteiger partial charge in [-0.1, -0.05) is 0 Å². The number of rotatable bonds is 6. The van der Waals surface area contributed by atoms with Crippen molar-refractivity contribution in [3.05, 3.63) is 38.2 Å². The van der Waals surface area contributed by atoms with E-state index in [-0.39, 0.29) is 11.5 Å². The fourth-order valence-electron chi connectivity index (χ4n) is 1.63. The van der Waals surface area contributed by atoms with E-state index < -0.39 is 4.92 Å². The lowest BCUT2D eigenvalue weighted by molar-refractivity contribution is -0.384. The van der Waals surface area contributed by atoms with Gasteiger partial charge in [0.1, 0.15) is 6.20 Å². The van der Waals surface area contributed by atoms with Gasteiger partial charge in [-0.2, -0.15) is 4.98 Å². The highest BCUT2D eigenvalue weighted by atomic mass is 32.1. The van der Waals surface area contributed by atoms with Crippen molar-refractivity contribution in [2.45, 2.75) is 20.4 Å². The van der Waals surface area contributed by atoms with Gasteiger partial charge in [-0.15, -0.1) is 11.3 Å². The minimum atomic E-state index is -0.488. The van der Waals surface area contributed by atoms with Crippen LogP contribution in [0.5, 0.6) is 0 Å². The van der Waals surface area contributed by atoms with Crippen molar-refractivity contribution in [2.24, 2.45) is 0 Å². The summed E-state index contributed by atoms with van der Waals surface area (Å²) < 4.78 is 0. The Hall–Kier alpha value is -2.22. The maximum absolute atomic E-state index is 11.0. The Morgan fingerprint density at radius 1 is 1.40 bits per heavy atom. The van der Waals surface area contributed by atoms with Crippen LogP contribution in [-0.4, -0.2) is 21.4 Å². The van der Waals surface area contributed by atoms with Gasteiger partial charge >= 0.3 is 5.69 Å². The average molecular weight is 293 g/mol. The van der Waals surface area contributed by atoms with E-state index in [1.165, 1.54) is 11.1 Å². The molecule has 0 aromatic carbocycles. The van der Waals surface area contributed by atoms with Crippen molar-refractivity contribution >= 4 is 28.8 Å². The summed E-state index contributed by atoms with van der Waals surface area (Å²) in [5, 5.41) is 16.9. The maximum atomic E-state index is 11.0. The van der Waals surface area contributed by atoms with E-state index in [1.807, 2.05) is 26.0 Å². The molecule has 0 fully saturated rings. The molecule has 0 aliphatic rings. The molecule has 0 amide bonds. The first-order valence-corrected chi connectivity index (χ1v) is 6.96. The molecule has 0 spiro atoms. The predicted molar refractivity (Wildman–Crippen MR) is 79.2 cm³/mol. The van der Waals surface area contributed by atoms with E-state index in [9.17, 15) is 10.1 Å². The number of nitrogens with one attached hydrogen (secondary N) is 2. The zero-order valence-corrected chi connectivity index (χ0v) is 12.0. The molecule has 2 aromatic rings. The molecule has 0 aliphatic carbocycles. The van der Waals surface area contributed by atoms with E-state index in [0.717, 1.165) is 4.88 Å². The minimum Gasteiger partial charge on any atom is -0.359 e. The second-order valence-corrected chi connectivity index (χ2v) is 5.45. The molecule has 20 heavy (non-hydrogen) atoms. The van der Waals surface area contributed by atoms with Crippen LogP contribution < -0.4 is 10.6 Å². The molecule has 0 aliphatic heterocycles. The summed E-state index contributed by atoms with van der Waals surface area (Å²) in [6.45, 7) is 5.08. The SMILES string of the molecule is CCNc1ncc([N+](=O)[O-])c(NCc2ccc(C)s2)n1. The fraction of sp³-hybridized carbons (Fsp3) is 0.333. The molecule has 2 heterocycles. The molecule has 7 nitrogen and oxygen atoms in total. The van der Waals surface area contributed by atoms with Crippen LogP contribution in [0.15, 0.2) is 18.3 Å². The molecule has 8 heteroatoms. The zero-order valence-electron chi connectivity index (χ0n) is 11.2. The highest BCUT2D eigenvalue weighted by Crippen LogP contribution is 2.23. The third kappa shape index (κ3) is 3.41. The number of anilines is 2. The van der Waals surface area contributed by atoms with Crippen LogP contribution in [0.25, 0.3) is 0 Å². The summed E-state index contributed by atoms with van der Waals surface area (Å²) >= 11 is 1.64. The molecular formula is C12H15N5O2S. The Bertz CT molecular complexity index is 614. The second-order valence-electron chi connectivity index (χ2n) is 4.08. The van der Waals surface area contributed by atoms with Gasteiger partial charge in [0.15, 0.2) is 0 Å². The van der Waals surface area contributed by atoms with Crippen LogP contribution in [0, 0.1) is 17.0 Å². The zero-order chi connectivity index (χ0) is 14.5. The Morgan fingerprint density at radius 2 is 2.20 bits per heavy atom. The van der Waals surface area contributed by atoms with Crippen molar-refractivity contribution in [1.82, 2.24) is 9.97 Å². The highest BCUT2D eigenvalue weighted by Gasteiger charge is 2.17. The quantitative estimate of drug-likeness (QED) is 0.628. The summed E-state index contributed by atoms with van der Waals surface area (Å²) in [4.78, 5) is 20.8. The van der Waals surface area contributed by atoms with Crippen LogP contribution in [0.4, 0.5) is 17.5 Å². The molecule has 2 N–H and O–H groups in total. The number of aromatic nitrogens is 2. The maximum Gasteiger partial charge on any atom is 0.329 e. The van der Waals surface area contributed by atoms with Crippen LogP contribution in [0.2, 0.25) is 0 Å². The normalized spacial score (nSPS) is 10.3. The third-order valence-corrected chi connectivity index (χ3v) is 3.53. The van der Waals surface area contributed by atoms with Gasteiger partial charge in [-0.25, -0.2) is 4.98 Å². The lowest BCUT2D eigenvalue weighted by Crippen LogP contribution is -2.08. The van der Waals surface area contributed by atoms with Gasteiger partial charge in [-0.3, -0.25) is 10.1 Å². The number of aryl methyl sites for hydroxylation is 1. The number of nitrogens with zero attached hydrogens (tertiary/aromatic N) is 3. The lowest BCUT2D eigenvalue weighted by Gasteiger charge is -2.07. The molecular weight excluding hydrogens is 278 g/mol. The number of hydrogen-bond acceptors (Lipinski definition) is 7. The Morgan fingerprint density at radius 3 is 2.80 bits per heavy atom. The van der Waals surface area contributed by atoms with Gasteiger partial charge < -0.3 is 10.6 Å². The van der Waals surface area contributed by atoms with E-state index in [1.54, 1.807) is 11.3 Å². The first-order valence-electron chi connectivity index (χ1n) is 6.14. The van der Waals surface area contributed by atoms with Crippen molar-refractivity contribution in [3.8, 4) is 0 Å². The Kier molecular flexibility index (Phi) is 4.46. The van der Waals surface area contributed by atoms with E-state index in [2.05, 4.69) is 20.6 Å². The number of hydrogen-bond donors (Lipinski definition) is 2. The van der Waals surface area contributed by atoms with E-state index in [0.29, 0.717) is 19.0 Å². The smallest absolute Gasteiger partial charge is 0.329 e. The van der Waals surface area contributed by atoms with Gasteiger partial charge in [0, 0.05) is 16.3 Å². The van der Waals surface area contributed by atoms with Crippen LogP contribution in [-0.2, 0) is 6.54 Å². The topological polar surface area (TPSA) is 93.0 Å².